The van der Waals surface area contributed by atoms with Gasteiger partial charge >= 0.3 is 5.97 Å². The molecule has 212 valence electrons. The Morgan fingerprint density at radius 2 is 1.80 bits per heavy atom. The molecule has 0 radical (unpaired) electrons. The summed E-state index contributed by atoms with van der Waals surface area (Å²) >= 11 is 0. The lowest BCUT2D eigenvalue weighted by Crippen LogP contribution is -2.25. The SMILES string of the molecule is CCCCc1nc2ccc(NC(=O)CC3(CC=O)CCCC3)cc2n1Cc1ccc(-c2ccccc2C(=O)O)cc1. The lowest BCUT2D eigenvalue weighted by atomic mass is 9.80. The van der Waals surface area contributed by atoms with Gasteiger partial charge in [0.1, 0.15) is 12.1 Å². The molecule has 1 aromatic heterocycles. The van der Waals surface area contributed by atoms with Crippen LogP contribution in [0.25, 0.3) is 22.2 Å². The van der Waals surface area contributed by atoms with Gasteiger partial charge in [-0.25, -0.2) is 9.78 Å². The van der Waals surface area contributed by atoms with E-state index in [-0.39, 0.29) is 16.9 Å². The van der Waals surface area contributed by atoms with Crippen molar-refractivity contribution in [1.29, 1.82) is 0 Å². The molecule has 1 saturated carbocycles. The first-order valence-electron chi connectivity index (χ1n) is 14.6. The quantitative estimate of drug-likeness (QED) is 0.180. The third-order valence-corrected chi connectivity index (χ3v) is 8.34. The van der Waals surface area contributed by atoms with E-state index in [1.54, 1.807) is 12.1 Å². The molecule has 1 amide bonds. The molecule has 0 unspecified atom stereocenters. The number of aromatic nitrogens is 2. The second-order valence-electron chi connectivity index (χ2n) is 11.3. The van der Waals surface area contributed by atoms with Crippen LogP contribution in [0.15, 0.2) is 66.7 Å². The Hall–Kier alpha value is -4.26. The number of carbonyl (C=O) groups is 3. The van der Waals surface area contributed by atoms with E-state index in [9.17, 15) is 19.5 Å². The Labute approximate surface area is 240 Å². The lowest BCUT2D eigenvalue weighted by Gasteiger charge is -2.25. The number of carbonyl (C=O) groups excluding carboxylic acids is 2. The van der Waals surface area contributed by atoms with Crippen LogP contribution in [-0.4, -0.2) is 32.8 Å². The van der Waals surface area contributed by atoms with Gasteiger partial charge in [-0.1, -0.05) is 68.7 Å². The lowest BCUT2D eigenvalue weighted by molar-refractivity contribution is -0.119. The number of hydrogen-bond donors (Lipinski definition) is 2. The van der Waals surface area contributed by atoms with Gasteiger partial charge in [-0.15, -0.1) is 0 Å². The fourth-order valence-electron chi connectivity index (χ4n) is 6.15. The highest BCUT2D eigenvalue weighted by Crippen LogP contribution is 2.43. The van der Waals surface area contributed by atoms with Gasteiger partial charge in [0.05, 0.1) is 16.6 Å². The fourth-order valence-corrected chi connectivity index (χ4v) is 6.15. The minimum absolute atomic E-state index is 0.0531. The summed E-state index contributed by atoms with van der Waals surface area (Å²) in [6, 6.07) is 20.9. The summed E-state index contributed by atoms with van der Waals surface area (Å²) in [6.45, 7) is 2.77. The number of fused-ring (bicyclic) bond motifs is 1. The van der Waals surface area contributed by atoms with Gasteiger partial charge in [-0.05, 0) is 65.6 Å². The van der Waals surface area contributed by atoms with Gasteiger partial charge < -0.3 is 19.8 Å². The smallest absolute Gasteiger partial charge is 0.336 e. The monoisotopic (exact) mass is 551 g/mol. The van der Waals surface area contributed by atoms with Crippen molar-refractivity contribution in [3.8, 4) is 11.1 Å². The van der Waals surface area contributed by atoms with Crippen LogP contribution >= 0.6 is 0 Å². The number of carboxylic acids is 1. The van der Waals surface area contributed by atoms with Crippen LogP contribution in [0.2, 0.25) is 0 Å². The van der Waals surface area contributed by atoms with E-state index in [1.165, 1.54) is 0 Å². The molecule has 1 aliphatic rings. The molecule has 1 aliphatic carbocycles. The van der Waals surface area contributed by atoms with Crippen molar-refractivity contribution in [2.75, 3.05) is 5.32 Å². The van der Waals surface area contributed by atoms with Crippen LogP contribution in [0.3, 0.4) is 0 Å². The van der Waals surface area contributed by atoms with Crippen LogP contribution in [-0.2, 0) is 22.6 Å². The average Bonchev–Trinajstić information content (AvgIpc) is 3.56. The van der Waals surface area contributed by atoms with E-state index < -0.39 is 5.97 Å². The molecule has 5 rings (SSSR count). The summed E-state index contributed by atoms with van der Waals surface area (Å²) in [5, 5.41) is 12.7. The normalized spacial score (nSPS) is 14.3. The van der Waals surface area contributed by atoms with Crippen molar-refractivity contribution in [3.05, 3.63) is 83.7 Å². The van der Waals surface area contributed by atoms with Gasteiger partial charge in [0.15, 0.2) is 0 Å². The third kappa shape index (κ3) is 6.40. The Bertz CT molecular complexity index is 1550. The molecule has 0 saturated heterocycles. The Morgan fingerprint density at radius 3 is 2.51 bits per heavy atom. The number of nitrogens with one attached hydrogen (secondary N) is 1. The molecule has 7 nitrogen and oxygen atoms in total. The first kappa shape index (κ1) is 28.3. The molecule has 0 atom stereocenters. The number of unbranched alkanes of at least 4 members (excludes halogenated alkanes) is 1. The maximum atomic E-state index is 13.0. The molecule has 7 heteroatoms. The molecular formula is C34H37N3O4. The standard InChI is InChI=1S/C34H37N3O4/c1-2-3-10-31-36-29-16-15-26(35-32(39)22-34(19-20-38)17-6-7-18-34)21-30(29)37(31)23-24-11-13-25(14-12-24)27-8-4-5-9-28(27)33(40)41/h4-5,8-9,11-16,20-21H,2-3,6-7,10,17-19,22-23H2,1H3,(H,35,39)(H,40,41). The summed E-state index contributed by atoms with van der Waals surface area (Å²) in [5.74, 6) is 0.00398. The van der Waals surface area contributed by atoms with E-state index >= 15 is 0 Å². The number of aromatic carboxylic acids is 1. The van der Waals surface area contributed by atoms with E-state index in [2.05, 4.69) is 16.8 Å². The zero-order valence-electron chi connectivity index (χ0n) is 23.6. The number of carboxylic acid groups (broad SMARTS) is 1. The number of anilines is 1. The number of rotatable bonds is 12. The zero-order chi connectivity index (χ0) is 28.8. The van der Waals surface area contributed by atoms with Gasteiger partial charge in [-0.3, -0.25) is 4.79 Å². The van der Waals surface area contributed by atoms with E-state index in [0.29, 0.717) is 24.9 Å². The molecule has 41 heavy (non-hydrogen) atoms. The minimum Gasteiger partial charge on any atom is -0.478 e. The highest BCUT2D eigenvalue weighted by Gasteiger charge is 2.35. The topological polar surface area (TPSA) is 101 Å². The predicted molar refractivity (Wildman–Crippen MR) is 161 cm³/mol. The predicted octanol–water partition coefficient (Wildman–Crippen LogP) is 7.27. The van der Waals surface area contributed by atoms with Crippen molar-refractivity contribution in [2.45, 2.75) is 71.3 Å². The van der Waals surface area contributed by atoms with Crippen molar-refractivity contribution >= 4 is 34.9 Å². The maximum Gasteiger partial charge on any atom is 0.336 e. The van der Waals surface area contributed by atoms with E-state index in [0.717, 1.165) is 84.9 Å². The van der Waals surface area contributed by atoms with Crippen molar-refractivity contribution in [1.82, 2.24) is 9.55 Å². The number of aryl methyl sites for hydroxylation is 1. The second kappa shape index (κ2) is 12.5. The first-order valence-corrected chi connectivity index (χ1v) is 14.6. The van der Waals surface area contributed by atoms with Gasteiger partial charge in [0.2, 0.25) is 5.91 Å². The summed E-state index contributed by atoms with van der Waals surface area (Å²) in [6.07, 6.45) is 8.68. The van der Waals surface area contributed by atoms with Crippen molar-refractivity contribution < 1.29 is 19.5 Å². The molecule has 0 aliphatic heterocycles. The average molecular weight is 552 g/mol. The Morgan fingerprint density at radius 1 is 1.05 bits per heavy atom. The maximum absolute atomic E-state index is 13.0. The van der Waals surface area contributed by atoms with E-state index in [4.69, 9.17) is 4.98 Å². The van der Waals surface area contributed by atoms with E-state index in [1.807, 2.05) is 54.6 Å². The largest absolute Gasteiger partial charge is 0.478 e. The number of imidazole rings is 1. The minimum atomic E-state index is -0.944. The van der Waals surface area contributed by atoms with Crippen LogP contribution < -0.4 is 5.32 Å². The van der Waals surface area contributed by atoms with Gasteiger partial charge in [0, 0.05) is 31.5 Å². The summed E-state index contributed by atoms with van der Waals surface area (Å²) in [7, 11) is 0. The molecule has 3 aromatic carbocycles. The van der Waals surface area contributed by atoms with Crippen LogP contribution in [0.4, 0.5) is 5.69 Å². The molecule has 1 heterocycles. The molecule has 1 fully saturated rings. The number of aldehydes is 1. The number of amides is 1. The molecule has 4 aromatic rings. The first-order chi connectivity index (χ1) is 19.9. The Kier molecular flexibility index (Phi) is 8.62. The zero-order valence-corrected chi connectivity index (χ0v) is 23.6. The molecular weight excluding hydrogens is 514 g/mol. The van der Waals surface area contributed by atoms with Crippen molar-refractivity contribution in [2.24, 2.45) is 5.41 Å². The summed E-state index contributed by atoms with van der Waals surface area (Å²) < 4.78 is 2.21. The summed E-state index contributed by atoms with van der Waals surface area (Å²) in [5.41, 5.74) is 5.26. The van der Waals surface area contributed by atoms with Crippen LogP contribution in [0.1, 0.15) is 80.0 Å². The highest BCUT2D eigenvalue weighted by molar-refractivity contribution is 5.96. The number of benzene rings is 3. The fraction of sp³-hybridized carbons (Fsp3) is 0.353. The highest BCUT2D eigenvalue weighted by atomic mass is 16.4. The number of nitrogens with zero attached hydrogens (tertiary/aromatic N) is 2. The number of hydrogen-bond acceptors (Lipinski definition) is 4. The van der Waals surface area contributed by atoms with Crippen molar-refractivity contribution in [3.63, 3.8) is 0 Å². The molecule has 0 bridgehead atoms. The van der Waals surface area contributed by atoms with Crippen LogP contribution in [0.5, 0.6) is 0 Å². The second-order valence-corrected chi connectivity index (χ2v) is 11.3. The summed E-state index contributed by atoms with van der Waals surface area (Å²) in [4.78, 5) is 40.9. The molecule has 0 spiro atoms. The molecule has 2 N–H and O–H groups in total. The van der Waals surface area contributed by atoms with Crippen LogP contribution in [0, 0.1) is 5.41 Å². The Balaban J connectivity index is 1.40. The van der Waals surface area contributed by atoms with Gasteiger partial charge in [-0.2, -0.15) is 0 Å². The van der Waals surface area contributed by atoms with Gasteiger partial charge in [0.25, 0.3) is 0 Å². The third-order valence-electron chi connectivity index (χ3n) is 8.34.